The molecule has 0 saturated carbocycles. The quantitative estimate of drug-likeness (QED) is 0.579. The number of ether oxygens (including phenoxy) is 2. The minimum Gasteiger partial charge on any atom is -0.497 e. The lowest BCUT2D eigenvalue weighted by Crippen LogP contribution is -2.17. The summed E-state index contributed by atoms with van der Waals surface area (Å²) in [6.07, 6.45) is -0.276. The zero-order valence-electron chi connectivity index (χ0n) is 14.2. The standard InChI is InChI=1S/C19H18FNO5/c1-25-16-4-2-3-13(11-16)17(22)12-26-19(24)10-9-18(23)21-15-7-5-14(20)6-8-15/h2-8,11H,9-10,12H2,1H3,(H,21,23). The van der Waals surface area contributed by atoms with Gasteiger partial charge in [0.05, 0.1) is 13.5 Å². The molecule has 2 aromatic carbocycles. The molecular formula is C19H18FNO5. The predicted octanol–water partition coefficient (Wildman–Crippen LogP) is 2.98. The maximum absolute atomic E-state index is 12.8. The Morgan fingerprint density at radius 2 is 1.77 bits per heavy atom. The van der Waals surface area contributed by atoms with Gasteiger partial charge in [-0.2, -0.15) is 0 Å². The highest BCUT2D eigenvalue weighted by Crippen LogP contribution is 2.13. The maximum atomic E-state index is 12.8. The Balaban J connectivity index is 1.73. The van der Waals surface area contributed by atoms with E-state index in [1.165, 1.54) is 31.4 Å². The van der Waals surface area contributed by atoms with Gasteiger partial charge in [-0.1, -0.05) is 12.1 Å². The van der Waals surface area contributed by atoms with Crippen LogP contribution in [0.15, 0.2) is 48.5 Å². The number of halogens is 1. The SMILES string of the molecule is COc1cccc(C(=O)COC(=O)CCC(=O)Nc2ccc(F)cc2)c1. The van der Waals surface area contributed by atoms with Crippen LogP contribution >= 0.6 is 0 Å². The lowest BCUT2D eigenvalue weighted by molar-refractivity contribution is -0.143. The predicted molar refractivity (Wildman–Crippen MR) is 92.5 cm³/mol. The van der Waals surface area contributed by atoms with Gasteiger partial charge >= 0.3 is 5.97 Å². The summed E-state index contributed by atoms with van der Waals surface area (Å²) in [6.45, 7) is -0.411. The van der Waals surface area contributed by atoms with E-state index in [0.717, 1.165) is 0 Å². The molecule has 0 atom stereocenters. The Hall–Kier alpha value is -3.22. The van der Waals surface area contributed by atoms with E-state index >= 15 is 0 Å². The lowest BCUT2D eigenvalue weighted by Gasteiger charge is -2.07. The summed E-state index contributed by atoms with van der Waals surface area (Å²) in [7, 11) is 1.49. The molecule has 0 aliphatic rings. The van der Waals surface area contributed by atoms with Crippen molar-refractivity contribution < 1.29 is 28.2 Å². The van der Waals surface area contributed by atoms with E-state index in [1.807, 2.05) is 0 Å². The highest BCUT2D eigenvalue weighted by Gasteiger charge is 2.12. The van der Waals surface area contributed by atoms with Crippen LogP contribution < -0.4 is 10.1 Å². The number of esters is 1. The molecule has 1 N–H and O–H groups in total. The average Bonchev–Trinajstić information content (AvgIpc) is 2.66. The third-order valence-electron chi connectivity index (χ3n) is 3.44. The van der Waals surface area contributed by atoms with Gasteiger partial charge in [0.15, 0.2) is 12.4 Å². The number of ketones is 1. The molecule has 6 nitrogen and oxygen atoms in total. The minimum atomic E-state index is -0.657. The van der Waals surface area contributed by atoms with Gasteiger partial charge in [-0.25, -0.2) is 4.39 Å². The number of rotatable bonds is 8. The first-order valence-corrected chi connectivity index (χ1v) is 7.86. The Morgan fingerprint density at radius 1 is 1.04 bits per heavy atom. The Bertz CT molecular complexity index is 789. The number of Topliss-reactive ketones (excluding diaryl/α,β-unsaturated/α-hetero) is 1. The summed E-state index contributed by atoms with van der Waals surface area (Å²) in [4.78, 5) is 35.4. The molecule has 7 heteroatoms. The molecule has 26 heavy (non-hydrogen) atoms. The van der Waals surface area contributed by atoms with Gasteiger partial charge in [0.1, 0.15) is 11.6 Å². The molecule has 0 radical (unpaired) electrons. The average molecular weight is 359 g/mol. The summed E-state index contributed by atoms with van der Waals surface area (Å²) in [5.74, 6) is -1.32. The van der Waals surface area contributed by atoms with Gasteiger partial charge in [0.2, 0.25) is 5.91 Å². The van der Waals surface area contributed by atoms with Crippen molar-refractivity contribution in [3.05, 3.63) is 59.9 Å². The van der Waals surface area contributed by atoms with Gasteiger partial charge in [-0.15, -0.1) is 0 Å². The van der Waals surface area contributed by atoms with E-state index in [9.17, 15) is 18.8 Å². The van der Waals surface area contributed by atoms with Crippen LogP contribution in [0.2, 0.25) is 0 Å². The van der Waals surface area contributed by atoms with Crippen molar-refractivity contribution >= 4 is 23.3 Å². The molecule has 0 aliphatic carbocycles. The van der Waals surface area contributed by atoms with Crippen LogP contribution in [0.3, 0.4) is 0 Å². The molecule has 2 rings (SSSR count). The number of benzene rings is 2. The monoisotopic (exact) mass is 359 g/mol. The molecule has 1 amide bonds. The van der Waals surface area contributed by atoms with Crippen LogP contribution in [0.5, 0.6) is 5.75 Å². The Kier molecular flexibility index (Phi) is 6.84. The summed E-state index contributed by atoms with van der Waals surface area (Å²) < 4.78 is 22.7. The summed E-state index contributed by atoms with van der Waals surface area (Å²) in [6, 6.07) is 11.8. The smallest absolute Gasteiger partial charge is 0.306 e. The van der Waals surface area contributed by atoms with Crippen molar-refractivity contribution in [1.29, 1.82) is 0 Å². The molecule has 0 heterocycles. The van der Waals surface area contributed by atoms with Crippen LogP contribution in [0.1, 0.15) is 23.2 Å². The molecule has 0 bridgehead atoms. The van der Waals surface area contributed by atoms with Crippen LogP contribution in [-0.4, -0.2) is 31.4 Å². The van der Waals surface area contributed by atoms with Crippen molar-refractivity contribution in [3.8, 4) is 5.75 Å². The van der Waals surface area contributed by atoms with E-state index in [-0.39, 0.29) is 18.6 Å². The Morgan fingerprint density at radius 3 is 2.46 bits per heavy atom. The van der Waals surface area contributed by atoms with Crippen molar-refractivity contribution in [2.75, 3.05) is 19.0 Å². The van der Waals surface area contributed by atoms with Crippen molar-refractivity contribution in [1.82, 2.24) is 0 Å². The van der Waals surface area contributed by atoms with E-state index in [2.05, 4.69) is 5.32 Å². The van der Waals surface area contributed by atoms with Gasteiger partial charge in [0.25, 0.3) is 0 Å². The highest BCUT2D eigenvalue weighted by molar-refractivity contribution is 5.98. The minimum absolute atomic E-state index is 0.108. The first kappa shape index (κ1) is 19.1. The number of amides is 1. The second kappa shape index (κ2) is 9.31. The molecule has 0 spiro atoms. The molecule has 0 aliphatic heterocycles. The number of carbonyl (C=O) groups excluding carboxylic acids is 3. The molecule has 136 valence electrons. The van der Waals surface area contributed by atoms with Crippen molar-refractivity contribution in [2.24, 2.45) is 0 Å². The van der Waals surface area contributed by atoms with E-state index < -0.39 is 24.3 Å². The molecule has 0 saturated heterocycles. The number of carbonyl (C=O) groups is 3. The van der Waals surface area contributed by atoms with Gasteiger partial charge in [-0.3, -0.25) is 14.4 Å². The van der Waals surface area contributed by atoms with Crippen molar-refractivity contribution in [3.63, 3.8) is 0 Å². The van der Waals surface area contributed by atoms with Crippen LogP contribution in [0.25, 0.3) is 0 Å². The fourth-order valence-corrected chi connectivity index (χ4v) is 2.07. The van der Waals surface area contributed by atoms with E-state index in [1.54, 1.807) is 24.3 Å². The van der Waals surface area contributed by atoms with E-state index in [4.69, 9.17) is 9.47 Å². The number of anilines is 1. The summed E-state index contributed by atoms with van der Waals surface area (Å²) >= 11 is 0. The first-order valence-electron chi connectivity index (χ1n) is 7.86. The largest absolute Gasteiger partial charge is 0.497 e. The molecule has 2 aromatic rings. The molecular weight excluding hydrogens is 341 g/mol. The van der Waals surface area contributed by atoms with Gasteiger partial charge in [-0.05, 0) is 36.4 Å². The van der Waals surface area contributed by atoms with Gasteiger partial charge < -0.3 is 14.8 Å². The fraction of sp³-hybridized carbons (Fsp3) is 0.211. The van der Waals surface area contributed by atoms with Crippen LogP contribution in [0, 0.1) is 5.82 Å². The number of nitrogens with one attached hydrogen (secondary N) is 1. The number of hydrogen-bond donors (Lipinski definition) is 1. The maximum Gasteiger partial charge on any atom is 0.306 e. The number of hydrogen-bond acceptors (Lipinski definition) is 5. The highest BCUT2D eigenvalue weighted by atomic mass is 19.1. The zero-order valence-corrected chi connectivity index (χ0v) is 14.2. The Labute approximate surface area is 149 Å². The van der Waals surface area contributed by atoms with Crippen molar-refractivity contribution in [2.45, 2.75) is 12.8 Å². The molecule has 0 unspecified atom stereocenters. The lowest BCUT2D eigenvalue weighted by atomic mass is 10.1. The molecule has 0 aromatic heterocycles. The zero-order chi connectivity index (χ0) is 18.9. The topological polar surface area (TPSA) is 81.7 Å². The summed E-state index contributed by atoms with van der Waals surface area (Å²) in [5, 5.41) is 2.53. The summed E-state index contributed by atoms with van der Waals surface area (Å²) in [5.41, 5.74) is 0.796. The third-order valence-corrected chi connectivity index (χ3v) is 3.44. The fourth-order valence-electron chi connectivity index (χ4n) is 2.07. The normalized spacial score (nSPS) is 10.1. The van der Waals surface area contributed by atoms with Crippen LogP contribution in [-0.2, 0) is 14.3 Å². The number of methoxy groups -OCH3 is 1. The second-order valence-electron chi connectivity index (χ2n) is 5.37. The van der Waals surface area contributed by atoms with Gasteiger partial charge in [0, 0.05) is 17.7 Å². The van der Waals surface area contributed by atoms with Crippen LogP contribution in [0.4, 0.5) is 10.1 Å². The van der Waals surface area contributed by atoms with E-state index in [0.29, 0.717) is 17.0 Å². The second-order valence-corrected chi connectivity index (χ2v) is 5.37. The first-order chi connectivity index (χ1) is 12.5. The molecule has 0 fully saturated rings. The third kappa shape index (κ3) is 6.01.